The quantitative estimate of drug-likeness (QED) is 0.0676. The van der Waals surface area contributed by atoms with E-state index < -0.39 is 59.6 Å². The van der Waals surface area contributed by atoms with Gasteiger partial charge in [-0.2, -0.15) is 17.6 Å². The van der Waals surface area contributed by atoms with E-state index in [0.29, 0.717) is 28.5 Å². The Morgan fingerprint density at radius 2 is 1.49 bits per heavy atom. The van der Waals surface area contributed by atoms with Gasteiger partial charge in [-0.3, -0.25) is 9.78 Å². The van der Waals surface area contributed by atoms with Crippen LogP contribution in [-0.4, -0.2) is 59.2 Å². The van der Waals surface area contributed by atoms with Crippen LogP contribution in [0, 0.1) is 5.41 Å². The van der Waals surface area contributed by atoms with Gasteiger partial charge >= 0.3 is 30.8 Å². The van der Waals surface area contributed by atoms with Gasteiger partial charge in [0.15, 0.2) is 6.61 Å². The number of furan rings is 1. The van der Waals surface area contributed by atoms with Crippen molar-refractivity contribution in [3.8, 4) is 11.3 Å². The van der Waals surface area contributed by atoms with Gasteiger partial charge in [-0.25, -0.2) is 14.2 Å². The fraction of sp³-hybridized carbons (Fsp3) is 0.517. The van der Waals surface area contributed by atoms with Crippen molar-refractivity contribution in [2.75, 3.05) is 12.4 Å². The molecule has 0 aliphatic heterocycles. The second kappa shape index (κ2) is 13.5. The first kappa shape index (κ1) is 38.4. The molecule has 0 bridgehead atoms. The van der Waals surface area contributed by atoms with Crippen LogP contribution in [0.25, 0.3) is 22.3 Å². The largest absolute Gasteiger partial charge is 0.496 e. The Bertz CT molecular complexity index is 1530. The minimum absolute atomic E-state index is 0.00791. The topological polar surface area (TPSA) is 132 Å². The maximum atomic E-state index is 14.2. The zero-order valence-corrected chi connectivity index (χ0v) is 26.5. The smallest absolute Gasteiger partial charge is 0.456 e. The molecule has 0 radical (unpaired) electrons. The van der Waals surface area contributed by atoms with Gasteiger partial charge in [-0.15, -0.1) is 29.3 Å². The van der Waals surface area contributed by atoms with Gasteiger partial charge in [0.25, 0.3) is 0 Å². The average molecular weight is 704 g/mol. The maximum absolute atomic E-state index is 14.2. The van der Waals surface area contributed by atoms with E-state index in [9.17, 15) is 39.9 Å². The summed E-state index contributed by atoms with van der Waals surface area (Å²) in [6, 6.07) is 9.24. The number of aromatic nitrogens is 1. The Hall–Kier alpha value is -3.03. The van der Waals surface area contributed by atoms with E-state index in [1.165, 1.54) is 45.2 Å². The van der Waals surface area contributed by atoms with Crippen molar-refractivity contribution < 1.29 is 63.3 Å². The molecule has 2 heterocycles. The van der Waals surface area contributed by atoms with Gasteiger partial charge in [0.2, 0.25) is 0 Å². The number of nitrogens with zero attached hydrogens (tertiary/aromatic N) is 1. The van der Waals surface area contributed by atoms with Gasteiger partial charge in [-0.1, -0.05) is 0 Å². The predicted molar refractivity (Wildman–Crippen MR) is 153 cm³/mol. The van der Waals surface area contributed by atoms with Crippen molar-refractivity contribution in [1.29, 1.82) is 0 Å². The normalized spacial score (nSPS) is 15.1. The lowest BCUT2D eigenvalue weighted by atomic mass is 9.68. The number of fused-ring (bicyclic) bond motifs is 1. The summed E-state index contributed by atoms with van der Waals surface area (Å²) < 4.78 is 131. The minimum Gasteiger partial charge on any atom is -0.456 e. The zero-order chi connectivity index (χ0) is 35.7. The minimum atomic E-state index is -5.90. The number of carbonyl (C=O) groups is 1. The Balaban J connectivity index is 1.57. The molecule has 1 unspecified atom stereocenters. The number of pyridine rings is 1. The summed E-state index contributed by atoms with van der Waals surface area (Å²) in [4.78, 5) is 16.6. The van der Waals surface area contributed by atoms with E-state index in [2.05, 4.69) is 23.9 Å². The predicted octanol–water partition coefficient (Wildman–Crippen LogP) is 7.34. The average Bonchev–Trinajstić information content (AvgIpc) is 3.31. The molecule has 47 heavy (non-hydrogen) atoms. The van der Waals surface area contributed by atoms with Crippen molar-refractivity contribution in [2.45, 2.75) is 81.8 Å². The van der Waals surface area contributed by atoms with Gasteiger partial charge in [0.05, 0.1) is 11.2 Å². The molecule has 0 saturated heterocycles. The fourth-order valence-electron chi connectivity index (χ4n) is 4.24. The van der Waals surface area contributed by atoms with E-state index in [0.717, 1.165) is 0 Å². The van der Waals surface area contributed by atoms with Crippen LogP contribution in [0.15, 0.2) is 58.1 Å². The van der Waals surface area contributed by atoms with Crippen molar-refractivity contribution in [2.24, 2.45) is 16.9 Å². The summed E-state index contributed by atoms with van der Waals surface area (Å²) in [5, 5.41) is 0.585. The Morgan fingerprint density at radius 1 is 0.872 bits per heavy atom. The molecule has 262 valence electrons. The molecule has 18 heteroatoms. The van der Waals surface area contributed by atoms with Crippen LogP contribution in [0.2, 0.25) is 0 Å². The molecular formula is C29H33F8N3O6S. The van der Waals surface area contributed by atoms with Crippen LogP contribution < -0.4 is 11.5 Å². The molecule has 9 nitrogen and oxygen atoms in total. The van der Waals surface area contributed by atoms with E-state index in [1.54, 1.807) is 38.2 Å². The highest BCUT2D eigenvalue weighted by Gasteiger charge is 2.57. The molecule has 3 rings (SSSR count). The molecule has 0 amide bonds. The molecule has 1 atom stereocenters. The second-order valence-corrected chi connectivity index (χ2v) is 13.2. The molecule has 0 aliphatic carbocycles. The summed E-state index contributed by atoms with van der Waals surface area (Å²) in [6.07, 6.45) is -18.6. The van der Waals surface area contributed by atoms with Crippen molar-refractivity contribution >= 4 is 28.7 Å². The first-order valence-corrected chi connectivity index (χ1v) is 14.6. The van der Waals surface area contributed by atoms with Crippen LogP contribution in [0.4, 0.5) is 35.1 Å². The number of hydrogen-bond donors (Lipinski definition) is 2. The van der Waals surface area contributed by atoms with Gasteiger partial charge in [0, 0.05) is 39.3 Å². The first-order chi connectivity index (χ1) is 21.2. The van der Waals surface area contributed by atoms with Crippen LogP contribution in [0.3, 0.4) is 0 Å². The number of carbonyl (C=O) groups excluding carboxylic acids is 1. The molecule has 0 fully saturated rings. The molecule has 0 spiro atoms. The summed E-state index contributed by atoms with van der Waals surface area (Å²) in [7, 11) is 0. The molecule has 4 N–H and O–H groups in total. The second-order valence-electron chi connectivity index (χ2n) is 12.1. The van der Waals surface area contributed by atoms with Crippen molar-refractivity contribution in [3.63, 3.8) is 0 Å². The van der Waals surface area contributed by atoms with Crippen molar-refractivity contribution in [1.82, 2.24) is 4.98 Å². The van der Waals surface area contributed by atoms with Crippen LogP contribution >= 0.6 is 11.8 Å². The van der Waals surface area contributed by atoms with Crippen LogP contribution in [0.1, 0.15) is 41.0 Å². The van der Waals surface area contributed by atoms with E-state index in [1.807, 2.05) is 0 Å². The summed E-state index contributed by atoms with van der Waals surface area (Å²) >= 11 is 0.292. The molecule has 1 aromatic carbocycles. The third kappa shape index (κ3) is 11.0. The highest BCUT2D eigenvalue weighted by atomic mass is 32.2. The molecule has 3 aromatic rings. The van der Waals surface area contributed by atoms with Crippen molar-refractivity contribution in [3.05, 3.63) is 48.8 Å². The number of hydrogen-bond acceptors (Lipinski definition) is 10. The lowest BCUT2D eigenvalue weighted by Gasteiger charge is -2.42. The highest BCUT2D eigenvalue weighted by molar-refractivity contribution is 7.99. The molecule has 2 aromatic heterocycles. The molecular weight excluding hydrogens is 670 g/mol. The van der Waals surface area contributed by atoms with Crippen LogP contribution in [0.5, 0.6) is 0 Å². The van der Waals surface area contributed by atoms with E-state index in [4.69, 9.17) is 15.9 Å². The number of esters is 1. The third-order valence-electron chi connectivity index (χ3n) is 6.75. The number of halogens is 8. The number of thioether (sulfide) groups is 1. The number of nitrogens with two attached hydrogens (primary N) is 2. The highest BCUT2D eigenvalue weighted by Crippen LogP contribution is 2.40. The lowest BCUT2D eigenvalue weighted by molar-refractivity contribution is -0.572. The zero-order valence-electron chi connectivity index (χ0n) is 25.7. The maximum Gasteiger partial charge on any atom is 0.496 e. The summed E-state index contributed by atoms with van der Waals surface area (Å²) in [6.45, 7) is 4.80. The van der Waals surface area contributed by atoms with Gasteiger partial charge < -0.3 is 20.6 Å². The number of alkyl halides is 8. The Kier molecular flexibility index (Phi) is 11.0. The van der Waals surface area contributed by atoms with E-state index >= 15 is 0 Å². The number of ether oxygens (including phenoxy) is 4. The summed E-state index contributed by atoms with van der Waals surface area (Å²) in [5.74, 6) is -2.50. The lowest BCUT2D eigenvalue weighted by Crippen LogP contribution is -2.59. The van der Waals surface area contributed by atoms with Gasteiger partial charge in [-0.05, 0) is 77.4 Å². The first-order valence-electron chi connectivity index (χ1n) is 13.7. The Morgan fingerprint density at radius 3 is 2.06 bits per heavy atom. The molecule has 0 saturated carbocycles. The summed E-state index contributed by atoms with van der Waals surface area (Å²) in [5.41, 5.74) is 8.88. The van der Waals surface area contributed by atoms with Crippen LogP contribution in [-0.2, 0) is 23.7 Å². The number of benzene rings is 1. The standard InChI is InChI=1S/C29H33F8N3O6S/c1-23(2,38)14-25(5,39)24(3,4)22(41)42-15-26(30,31)44-28(34,35)46-29(36,37)45-27(32,33)16-47-19-9-8-17-11-20(43-21(17)12-19)18-7-6-10-40-13-18/h6-13H,14-16,38-39H2,1-5H3. The molecule has 0 aliphatic rings. The third-order valence-corrected chi connectivity index (χ3v) is 7.82. The Labute approximate surface area is 268 Å². The fourth-order valence-corrected chi connectivity index (χ4v) is 4.98. The van der Waals surface area contributed by atoms with Gasteiger partial charge in [0.1, 0.15) is 11.3 Å². The monoisotopic (exact) mass is 703 g/mol. The van der Waals surface area contributed by atoms with E-state index in [-0.39, 0.29) is 16.9 Å². The SMILES string of the molecule is CC(C)(N)CC(C)(N)C(C)(C)C(=O)OCC(F)(F)OC(F)(F)OC(F)(F)OC(F)(F)CSc1ccc2cc(-c3cccnc3)oc2c1. The number of rotatable bonds is 16.